The molecule has 1 saturated heterocycles. The number of hydrogen-bond donors (Lipinski definition) is 1. The smallest absolute Gasteiger partial charge is 0.240 e. The van der Waals surface area contributed by atoms with E-state index in [9.17, 15) is 14.4 Å². The van der Waals surface area contributed by atoms with Crippen molar-refractivity contribution in [2.45, 2.75) is 32.2 Å². The van der Waals surface area contributed by atoms with Gasteiger partial charge in [-0.1, -0.05) is 18.9 Å². The Balaban J connectivity index is 1.57. The molecule has 3 rings (SSSR count). The van der Waals surface area contributed by atoms with Crippen molar-refractivity contribution in [1.29, 1.82) is 0 Å². The summed E-state index contributed by atoms with van der Waals surface area (Å²) in [6.07, 6.45) is 5.15. The highest BCUT2D eigenvalue weighted by atomic mass is 16.2. The molecule has 1 aliphatic carbocycles. The Morgan fingerprint density at radius 2 is 1.86 bits per heavy atom. The van der Waals surface area contributed by atoms with E-state index in [0.717, 1.165) is 36.3 Å². The van der Waals surface area contributed by atoms with Gasteiger partial charge in [-0.3, -0.25) is 24.3 Å². The predicted molar refractivity (Wildman–Crippen MR) is 78.3 cm³/mol. The summed E-state index contributed by atoms with van der Waals surface area (Å²) >= 11 is 0. The Morgan fingerprint density at radius 1 is 1.18 bits per heavy atom. The molecule has 3 amide bonds. The van der Waals surface area contributed by atoms with Crippen molar-refractivity contribution in [2.24, 2.45) is 11.8 Å². The molecule has 0 aromatic carbocycles. The Hall–Kier alpha value is -2.24. The van der Waals surface area contributed by atoms with Crippen LogP contribution in [0.4, 0.5) is 0 Å². The molecule has 1 aromatic rings. The van der Waals surface area contributed by atoms with E-state index in [4.69, 9.17) is 0 Å². The van der Waals surface area contributed by atoms with Gasteiger partial charge in [0.2, 0.25) is 17.7 Å². The zero-order valence-electron chi connectivity index (χ0n) is 12.3. The fourth-order valence-electron chi connectivity index (χ4n) is 3.28. The third-order valence-electron chi connectivity index (χ3n) is 4.43. The van der Waals surface area contributed by atoms with Crippen molar-refractivity contribution in [3.8, 4) is 0 Å². The predicted octanol–water partition coefficient (Wildman–Crippen LogP) is 0.873. The zero-order chi connectivity index (χ0) is 15.5. The minimum Gasteiger partial charge on any atom is -0.349 e. The Kier molecular flexibility index (Phi) is 4.18. The topological polar surface area (TPSA) is 79.4 Å². The second-order valence-electron chi connectivity index (χ2n) is 5.86. The van der Waals surface area contributed by atoms with Crippen LogP contribution >= 0.6 is 0 Å². The Labute approximate surface area is 128 Å². The molecule has 0 unspecified atom stereocenters. The summed E-state index contributed by atoms with van der Waals surface area (Å²) in [5, 5.41) is 2.70. The molecule has 2 fully saturated rings. The maximum Gasteiger partial charge on any atom is 0.240 e. The Morgan fingerprint density at radius 3 is 2.45 bits per heavy atom. The quantitative estimate of drug-likeness (QED) is 0.837. The van der Waals surface area contributed by atoms with Gasteiger partial charge in [-0.15, -0.1) is 0 Å². The largest absolute Gasteiger partial charge is 0.349 e. The molecule has 1 N–H and O–H groups in total. The van der Waals surface area contributed by atoms with Crippen LogP contribution in [0.25, 0.3) is 0 Å². The van der Waals surface area contributed by atoms with Crippen molar-refractivity contribution >= 4 is 17.7 Å². The van der Waals surface area contributed by atoms with Crippen LogP contribution in [0.2, 0.25) is 0 Å². The van der Waals surface area contributed by atoms with E-state index in [-0.39, 0.29) is 36.1 Å². The molecule has 1 aliphatic heterocycles. The van der Waals surface area contributed by atoms with Crippen LogP contribution in [0, 0.1) is 11.8 Å². The fraction of sp³-hybridized carbons (Fsp3) is 0.500. The molecule has 6 nitrogen and oxygen atoms in total. The van der Waals surface area contributed by atoms with Crippen molar-refractivity contribution < 1.29 is 14.4 Å². The third-order valence-corrected chi connectivity index (χ3v) is 4.43. The molecule has 0 bridgehead atoms. The molecule has 2 atom stereocenters. The molecule has 22 heavy (non-hydrogen) atoms. The number of carbonyl (C=O) groups is 3. The van der Waals surface area contributed by atoms with Crippen LogP contribution in [0.5, 0.6) is 0 Å². The van der Waals surface area contributed by atoms with Crippen molar-refractivity contribution in [3.05, 3.63) is 30.1 Å². The number of likely N-dealkylation sites (tertiary alicyclic amines) is 1. The van der Waals surface area contributed by atoms with Gasteiger partial charge in [-0.05, 0) is 25.0 Å². The first-order valence-corrected chi connectivity index (χ1v) is 7.68. The maximum atomic E-state index is 12.3. The van der Waals surface area contributed by atoms with Crippen LogP contribution in [-0.2, 0) is 20.9 Å². The number of imide groups is 1. The first-order chi connectivity index (χ1) is 10.7. The highest BCUT2D eigenvalue weighted by Crippen LogP contribution is 2.37. The van der Waals surface area contributed by atoms with E-state index < -0.39 is 0 Å². The number of nitrogens with zero attached hydrogens (tertiary/aromatic N) is 2. The number of carbonyl (C=O) groups excluding carboxylic acids is 3. The van der Waals surface area contributed by atoms with E-state index in [1.165, 1.54) is 0 Å². The summed E-state index contributed by atoms with van der Waals surface area (Å²) < 4.78 is 0. The number of pyridine rings is 1. The van der Waals surface area contributed by atoms with Crippen LogP contribution in [0.3, 0.4) is 0 Å². The van der Waals surface area contributed by atoms with Crippen LogP contribution in [0.1, 0.15) is 31.4 Å². The lowest BCUT2D eigenvalue weighted by atomic mass is 9.81. The minimum atomic E-state index is -0.328. The van der Waals surface area contributed by atoms with Crippen LogP contribution in [0.15, 0.2) is 24.4 Å². The average Bonchev–Trinajstić information content (AvgIpc) is 2.79. The summed E-state index contributed by atoms with van der Waals surface area (Å²) in [4.78, 5) is 41.8. The number of amides is 3. The lowest BCUT2D eigenvalue weighted by molar-refractivity contribution is -0.143. The van der Waals surface area contributed by atoms with Gasteiger partial charge in [-0.25, -0.2) is 0 Å². The summed E-state index contributed by atoms with van der Waals surface area (Å²) in [5.74, 6) is -1.09. The summed E-state index contributed by atoms with van der Waals surface area (Å²) in [6.45, 7) is 0.111. The van der Waals surface area contributed by atoms with Gasteiger partial charge in [0.05, 0.1) is 24.1 Å². The number of fused-ring (bicyclic) bond motifs is 1. The number of hydrogen-bond acceptors (Lipinski definition) is 4. The van der Waals surface area contributed by atoms with E-state index >= 15 is 0 Å². The molecule has 2 heterocycles. The highest BCUT2D eigenvalue weighted by molar-refractivity contribution is 6.07. The normalized spacial score (nSPS) is 24.3. The van der Waals surface area contributed by atoms with Gasteiger partial charge in [0, 0.05) is 6.20 Å². The monoisotopic (exact) mass is 301 g/mol. The Bertz CT molecular complexity index is 564. The van der Waals surface area contributed by atoms with Crippen LogP contribution in [-0.4, -0.2) is 34.2 Å². The van der Waals surface area contributed by atoms with E-state index in [2.05, 4.69) is 10.3 Å². The molecule has 0 spiro atoms. The van der Waals surface area contributed by atoms with Gasteiger partial charge < -0.3 is 5.32 Å². The van der Waals surface area contributed by atoms with Gasteiger partial charge >= 0.3 is 0 Å². The van der Waals surface area contributed by atoms with Crippen molar-refractivity contribution in [3.63, 3.8) is 0 Å². The lowest BCUT2D eigenvalue weighted by Gasteiger charge is -2.19. The van der Waals surface area contributed by atoms with E-state index in [1.54, 1.807) is 18.3 Å². The third kappa shape index (κ3) is 2.86. The molecule has 6 heteroatoms. The fourth-order valence-corrected chi connectivity index (χ4v) is 3.28. The van der Waals surface area contributed by atoms with Crippen molar-refractivity contribution in [1.82, 2.24) is 15.2 Å². The van der Waals surface area contributed by atoms with Gasteiger partial charge in [0.15, 0.2) is 0 Å². The summed E-state index contributed by atoms with van der Waals surface area (Å²) in [6, 6.07) is 5.45. The number of rotatable bonds is 4. The van der Waals surface area contributed by atoms with Crippen LogP contribution < -0.4 is 5.32 Å². The highest BCUT2D eigenvalue weighted by Gasteiger charge is 2.48. The second-order valence-corrected chi connectivity index (χ2v) is 5.86. The van der Waals surface area contributed by atoms with E-state index in [0.29, 0.717) is 6.54 Å². The lowest BCUT2D eigenvalue weighted by Crippen LogP contribution is -2.40. The number of aromatic nitrogens is 1. The average molecular weight is 301 g/mol. The molecule has 1 saturated carbocycles. The number of nitrogens with one attached hydrogen (secondary N) is 1. The molecule has 1 aromatic heterocycles. The standard InChI is InChI=1S/C16H19N3O3/c20-14(18-9-11-5-3-4-8-17-11)10-19-15(21)12-6-1-2-7-13(12)16(19)22/h3-5,8,12-13H,1-2,6-7,9-10H2,(H,18,20)/t12-,13+. The van der Waals surface area contributed by atoms with Gasteiger partial charge in [0.25, 0.3) is 0 Å². The molecule has 2 aliphatic rings. The summed E-state index contributed by atoms with van der Waals surface area (Å²) in [7, 11) is 0. The minimum absolute atomic E-state index is 0.178. The molecule has 0 radical (unpaired) electrons. The molecule has 116 valence electrons. The van der Waals surface area contributed by atoms with Gasteiger partial charge in [-0.2, -0.15) is 0 Å². The second kappa shape index (κ2) is 6.25. The molecular formula is C16H19N3O3. The molecular weight excluding hydrogens is 282 g/mol. The van der Waals surface area contributed by atoms with E-state index in [1.807, 2.05) is 6.07 Å². The first-order valence-electron chi connectivity index (χ1n) is 7.68. The maximum absolute atomic E-state index is 12.3. The SMILES string of the molecule is O=C(CN1C(=O)[C@H]2CCCC[C@H]2C1=O)NCc1ccccn1. The first kappa shape index (κ1) is 14.7. The van der Waals surface area contributed by atoms with Gasteiger partial charge in [0.1, 0.15) is 6.54 Å². The summed E-state index contributed by atoms with van der Waals surface area (Å²) in [5.41, 5.74) is 0.739. The van der Waals surface area contributed by atoms with Crippen molar-refractivity contribution in [2.75, 3.05) is 6.54 Å². The zero-order valence-corrected chi connectivity index (χ0v) is 12.3.